The smallest absolute Gasteiger partial charge is 0.337 e. The highest BCUT2D eigenvalue weighted by Gasteiger charge is 2.55. The van der Waals surface area contributed by atoms with Crippen LogP contribution in [0.1, 0.15) is 91.0 Å². The van der Waals surface area contributed by atoms with Crippen molar-refractivity contribution in [2.45, 2.75) is 88.9 Å². The van der Waals surface area contributed by atoms with Crippen LogP contribution in [0.2, 0.25) is 0 Å². The fourth-order valence-electron chi connectivity index (χ4n) is 7.07. The van der Waals surface area contributed by atoms with Crippen molar-refractivity contribution in [3.8, 4) is 0 Å². The molecule has 0 unspecified atom stereocenters. The summed E-state index contributed by atoms with van der Waals surface area (Å²) < 4.78 is 4.71. The summed E-state index contributed by atoms with van der Waals surface area (Å²) in [6, 6.07) is 13.1. The first-order valence-corrected chi connectivity index (χ1v) is 16.4. The molecule has 0 radical (unpaired) electrons. The van der Waals surface area contributed by atoms with E-state index in [-0.39, 0.29) is 36.0 Å². The lowest BCUT2D eigenvalue weighted by Crippen LogP contribution is -2.75. The molecule has 2 aromatic rings. The number of esters is 1. The maximum Gasteiger partial charge on any atom is 0.337 e. The van der Waals surface area contributed by atoms with Crippen molar-refractivity contribution in [3.63, 3.8) is 0 Å². The zero-order chi connectivity index (χ0) is 32.0. The average molecular weight is 655 g/mol. The minimum atomic E-state index is -0.886. The minimum Gasteiger partial charge on any atom is -0.465 e. The van der Waals surface area contributed by atoms with Gasteiger partial charge in [0.25, 0.3) is 5.91 Å². The van der Waals surface area contributed by atoms with Crippen LogP contribution in [0.4, 0.5) is 5.69 Å². The molecule has 5 rings (SSSR count). The largest absolute Gasteiger partial charge is 0.465 e. The monoisotopic (exact) mass is 654 g/mol. The Bertz CT molecular complexity index is 1350. The molecule has 2 aliphatic heterocycles. The van der Waals surface area contributed by atoms with Gasteiger partial charge >= 0.3 is 5.97 Å². The number of likely N-dealkylation sites (tertiary alicyclic amines) is 1. The molecule has 3 fully saturated rings. The van der Waals surface area contributed by atoms with Gasteiger partial charge in [0.1, 0.15) is 11.6 Å². The predicted octanol–water partition coefficient (Wildman–Crippen LogP) is 4.55. The van der Waals surface area contributed by atoms with Gasteiger partial charge in [-0.1, -0.05) is 44.7 Å². The molecule has 2 heterocycles. The van der Waals surface area contributed by atoms with E-state index in [1.165, 1.54) is 7.11 Å². The lowest BCUT2D eigenvalue weighted by atomic mass is 9.78. The third-order valence-corrected chi connectivity index (χ3v) is 9.84. The van der Waals surface area contributed by atoms with E-state index >= 15 is 0 Å². The molecule has 3 N–H and O–H groups in total. The van der Waals surface area contributed by atoms with Crippen molar-refractivity contribution in [2.75, 3.05) is 32.1 Å². The molecule has 0 aromatic heterocycles. The van der Waals surface area contributed by atoms with Gasteiger partial charge in [0.05, 0.1) is 18.8 Å². The Morgan fingerprint density at radius 1 is 1.00 bits per heavy atom. The van der Waals surface area contributed by atoms with Crippen LogP contribution in [0.15, 0.2) is 48.5 Å². The number of aliphatic hydroxyl groups excluding tert-OH is 1. The molecular formula is C35H47ClN4O6. The lowest BCUT2D eigenvalue weighted by Gasteiger charge is -2.52. The molecule has 46 heavy (non-hydrogen) atoms. The van der Waals surface area contributed by atoms with Crippen LogP contribution in [0.5, 0.6) is 0 Å². The zero-order valence-electron chi connectivity index (χ0n) is 26.8. The second kappa shape index (κ2) is 15.9. The molecule has 1 aliphatic carbocycles. The van der Waals surface area contributed by atoms with E-state index in [9.17, 15) is 24.3 Å². The molecule has 2 saturated heterocycles. The van der Waals surface area contributed by atoms with Crippen LogP contribution in [-0.2, 0) is 20.9 Å². The molecule has 1 spiro atoms. The van der Waals surface area contributed by atoms with E-state index < -0.39 is 23.7 Å². The second-order valence-electron chi connectivity index (χ2n) is 12.7. The molecule has 2 aromatic carbocycles. The van der Waals surface area contributed by atoms with E-state index in [1.807, 2.05) is 12.1 Å². The number of anilines is 1. The Morgan fingerprint density at radius 3 is 2.24 bits per heavy atom. The van der Waals surface area contributed by atoms with Crippen molar-refractivity contribution >= 4 is 41.8 Å². The van der Waals surface area contributed by atoms with Crippen LogP contribution in [-0.4, -0.2) is 83.0 Å². The summed E-state index contributed by atoms with van der Waals surface area (Å²) >= 11 is 0. The fraction of sp³-hybridized carbons (Fsp3) is 0.543. The number of methoxy groups -OCH3 is 1. The van der Waals surface area contributed by atoms with E-state index in [1.54, 1.807) is 41.3 Å². The Labute approximate surface area is 277 Å². The fourth-order valence-corrected chi connectivity index (χ4v) is 7.07. The number of piperidine rings is 1. The first-order valence-electron chi connectivity index (χ1n) is 16.4. The molecule has 3 amide bonds. The number of unbranched alkanes of at least 4 members (excludes halogenated alkanes) is 1. The van der Waals surface area contributed by atoms with Crippen LogP contribution >= 0.6 is 12.4 Å². The summed E-state index contributed by atoms with van der Waals surface area (Å²) in [5, 5.41) is 17.0. The predicted molar refractivity (Wildman–Crippen MR) is 178 cm³/mol. The van der Waals surface area contributed by atoms with E-state index in [0.29, 0.717) is 55.8 Å². The van der Waals surface area contributed by atoms with Crippen molar-refractivity contribution in [1.82, 2.24) is 15.1 Å². The van der Waals surface area contributed by atoms with Gasteiger partial charge in [0, 0.05) is 37.4 Å². The summed E-state index contributed by atoms with van der Waals surface area (Å²) in [6.07, 6.45) is 7.02. The second-order valence-corrected chi connectivity index (χ2v) is 12.7. The number of carbonyl (C=O) groups is 4. The molecular weight excluding hydrogens is 608 g/mol. The number of nitrogens with zero attached hydrogens (tertiary/aromatic N) is 2. The first-order chi connectivity index (χ1) is 21.8. The number of hydrogen-bond donors (Lipinski definition) is 3. The van der Waals surface area contributed by atoms with Crippen molar-refractivity contribution in [3.05, 3.63) is 65.2 Å². The third kappa shape index (κ3) is 7.73. The third-order valence-electron chi connectivity index (χ3n) is 9.84. The number of carbonyl (C=O) groups excluding carboxylic acids is 4. The van der Waals surface area contributed by atoms with Crippen molar-refractivity contribution in [2.24, 2.45) is 5.92 Å². The summed E-state index contributed by atoms with van der Waals surface area (Å²) in [5.41, 5.74) is 1.66. The van der Waals surface area contributed by atoms with Crippen LogP contribution in [0.25, 0.3) is 0 Å². The summed E-state index contributed by atoms with van der Waals surface area (Å²) in [4.78, 5) is 56.1. The number of aliphatic hydroxyl groups is 1. The van der Waals surface area contributed by atoms with Crippen LogP contribution in [0, 0.1) is 5.92 Å². The standard InChI is InChI=1S/C35H46N4O6.ClH/c1-3-4-20-39-32(42)29(30(40)25-8-6-5-7-9-25)37-34(44)35(39)18-21-38(22-19-35)23-24-10-12-26(13-11-24)31(41)36-28-16-14-27(15-17-28)33(43)45-2;/h10-17,25,29-30,40H,3-9,18-23H2,1-2H3,(H,36,41)(H,37,44);1H/t29-,30-;/m1./s1. The first kappa shape index (κ1) is 35.4. The average Bonchev–Trinajstić information content (AvgIpc) is 3.07. The number of amides is 3. The van der Waals surface area contributed by atoms with Gasteiger partial charge < -0.3 is 25.4 Å². The summed E-state index contributed by atoms with van der Waals surface area (Å²) in [5.74, 6) is -0.904. The Kier molecular flexibility index (Phi) is 12.2. The van der Waals surface area contributed by atoms with Crippen LogP contribution in [0.3, 0.4) is 0 Å². The topological polar surface area (TPSA) is 128 Å². The van der Waals surface area contributed by atoms with Crippen molar-refractivity contribution < 1.29 is 29.0 Å². The van der Waals surface area contributed by atoms with E-state index in [4.69, 9.17) is 4.74 Å². The maximum atomic E-state index is 13.9. The Morgan fingerprint density at radius 2 is 1.63 bits per heavy atom. The zero-order valence-corrected chi connectivity index (χ0v) is 27.7. The number of rotatable bonds is 10. The van der Waals surface area contributed by atoms with Crippen LogP contribution < -0.4 is 10.6 Å². The highest BCUT2D eigenvalue weighted by Crippen LogP contribution is 2.36. The van der Waals surface area contributed by atoms with Gasteiger partial charge in [0.15, 0.2) is 0 Å². The van der Waals surface area contributed by atoms with Gasteiger partial charge in [-0.2, -0.15) is 0 Å². The van der Waals surface area contributed by atoms with Gasteiger partial charge in [-0.15, -0.1) is 12.4 Å². The Balaban J connectivity index is 0.00000480. The number of halogens is 1. The summed E-state index contributed by atoms with van der Waals surface area (Å²) in [7, 11) is 1.32. The molecule has 3 aliphatic rings. The number of nitrogens with one attached hydrogen (secondary N) is 2. The van der Waals surface area contributed by atoms with Crippen molar-refractivity contribution in [1.29, 1.82) is 0 Å². The van der Waals surface area contributed by atoms with E-state index in [2.05, 4.69) is 22.5 Å². The molecule has 1 saturated carbocycles. The Hall–Kier alpha value is -3.47. The molecule has 2 atom stereocenters. The maximum absolute atomic E-state index is 13.9. The number of piperazine rings is 1. The SMILES string of the molecule is CCCCN1C(=O)[C@@H]([C@H](O)C2CCCCC2)NC(=O)C12CCN(Cc1ccc(C(=O)Nc3ccc(C(=O)OC)cc3)cc1)CC2.Cl. The normalized spacial score (nSPS) is 20.8. The minimum absolute atomic E-state index is 0. The molecule has 250 valence electrons. The lowest BCUT2D eigenvalue weighted by molar-refractivity contribution is -0.166. The van der Waals surface area contributed by atoms with Gasteiger partial charge in [-0.05, 0) is 80.0 Å². The summed E-state index contributed by atoms with van der Waals surface area (Å²) in [6.45, 7) is 4.58. The number of benzene rings is 2. The molecule has 10 nitrogen and oxygen atoms in total. The molecule has 11 heteroatoms. The van der Waals surface area contributed by atoms with E-state index in [0.717, 1.165) is 50.5 Å². The highest BCUT2D eigenvalue weighted by atomic mass is 35.5. The highest BCUT2D eigenvalue weighted by molar-refractivity contribution is 6.04. The quantitative estimate of drug-likeness (QED) is 0.321. The number of hydrogen-bond acceptors (Lipinski definition) is 7. The van der Waals surface area contributed by atoms with Gasteiger partial charge in [-0.25, -0.2) is 4.79 Å². The number of ether oxygens (including phenoxy) is 1. The van der Waals surface area contributed by atoms with Gasteiger partial charge in [0.2, 0.25) is 11.8 Å². The molecule has 0 bridgehead atoms. The van der Waals surface area contributed by atoms with Gasteiger partial charge in [-0.3, -0.25) is 19.3 Å².